The van der Waals surface area contributed by atoms with E-state index in [1.807, 2.05) is 6.92 Å². The predicted molar refractivity (Wildman–Crippen MR) is 51.7 cm³/mol. The van der Waals surface area contributed by atoms with Gasteiger partial charge in [0.15, 0.2) is 0 Å². The van der Waals surface area contributed by atoms with Crippen molar-refractivity contribution in [2.75, 3.05) is 19.0 Å². The first-order chi connectivity index (χ1) is 6.20. The molecular weight excluding hydrogens is 190 g/mol. The van der Waals surface area contributed by atoms with Crippen molar-refractivity contribution in [1.29, 1.82) is 0 Å². The zero-order valence-corrected chi connectivity index (χ0v) is 8.63. The first kappa shape index (κ1) is 10.8. The molecule has 4 heteroatoms. The normalized spacial score (nSPS) is 18.4. The van der Waals surface area contributed by atoms with Crippen LogP contribution >= 0.6 is 11.6 Å². The van der Waals surface area contributed by atoms with Crippen molar-refractivity contribution in [3.8, 4) is 0 Å². The topological polar surface area (TPSA) is 40.5 Å². The number of hydrogen-bond donors (Lipinski definition) is 1. The summed E-state index contributed by atoms with van der Waals surface area (Å²) in [5, 5.41) is 8.79. The molecule has 0 aromatic rings. The van der Waals surface area contributed by atoms with Crippen molar-refractivity contribution in [2.24, 2.45) is 5.92 Å². The molecule has 0 aromatic heterocycles. The first-order valence-electron chi connectivity index (χ1n) is 4.68. The first-order valence-corrected chi connectivity index (χ1v) is 5.21. The maximum absolute atomic E-state index is 11.7. The molecule has 1 amide bonds. The number of aliphatic hydroxyl groups is 1. The molecule has 0 saturated heterocycles. The molecule has 0 radical (unpaired) electrons. The number of carbonyl (C=O) groups excluding carboxylic acids is 1. The SMILES string of the molecule is CC(CCl)C(=O)N(CCO)C1CC1. The number of carbonyl (C=O) groups is 1. The Morgan fingerprint density at radius 2 is 2.31 bits per heavy atom. The Kier molecular flexibility index (Phi) is 4.00. The number of rotatable bonds is 5. The number of nitrogens with zero attached hydrogens (tertiary/aromatic N) is 1. The lowest BCUT2D eigenvalue weighted by molar-refractivity contribution is -0.135. The molecule has 1 atom stereocenters. The molecule has 1 aliphatic carbocycles. The summed E-state index contributed by atoms with van der Waals surface area (Å²) < 4.78 is 0. The Balaban J connectivity index is 2.47. The predicted octanol–water partition coefficient (Wildman–Crippen LogP) is 0.845. The molecule has 1 fully saturated rings. The molecule has 0 aliphatic heterocycles. The molecule has 0 aromatic carbocycles. The summed E-state index contributed by atoms with van der Waals surface area (Å²) in [5.41, 5.74) is 0. The molecule has 76 valence electrons. The van der Waals surface area contributed by atoms with Crippen LogP contribution in [-0.2, 0) is 4.79 Å². The summed E-state index contributed by atoms with van der Waals surface area (Å²) in [7, 11) is 0. The Hall–Kier alpha value is -0.280. The summed E-state index contributed by atoms with van der Waals surface area (Å²) in [6.07, 6.45) is 2.14. The van der Waals surface area contributed by atoms with E-state index in [4.69, 9.17) is 16.7 Å². The second-order valence-corrected chi connectivity index (χ2v) is 3.85. The number of halogens is 1. The molecule has 1 N–H and O–H groups in total. The quantitative estimate of drug-likeness (QED) is 0.676. The van der Waals surface area contributed by atoms with Crippen molar-refractivity contribution < 1.29 is 9.90 Å². The number of hydrogen-bond acceptors (Lipinski definition) is 2. The van der Waals surface area contributed by atoms with Crippen molar-refractivity contribution in [3.05, 3.63) is 0 Å². The van der Waals surface area contributed by atoms with E-state index < -0.39 is 0 Å². The standard InChI is InChI=1S/C9H16ClNO2/c1-7(6-10)9(13)11(4-5-12)8-2-3-8/h7-8,12H,2-6H2,1H3. The van der Waals surface area contributed by atoms with Crippen LogP contribution in [0.1, 0.15) is 19.8 Å². The number of aliphatic hydroxyl groups excluding tert-OH is 1. The van der Waals surface area contributed by atoms with Gasteiger partial charge in [-0.2, -0.15) is 0 Å². The van der Waals surface area contributed by atoms with Gasteiger partial charge in [0, 0.05) is 24.4 Å². The fourth-order valence-electron chi connectivity index (χ4n) is 1.32. The van der Waals surface area contributed by atoms with Crippen LogP contribution in [0.25, 0.3) is 0 Å². The monoisotopic (exact) mass is 205 g/mol. The van der Waals surface area contributed by atoms with Gasteiger partial charge in [0.25, 0.3) is 0 Å². The molecule has 3 nitrogen and oxygen atoms in total. The highest BCUT2D eigenvalue weighted by molar-refractivity contribution is 6.19. The summed E-state index contributed by atoms with van der Waals surface area (Å²) in [6.45, 7) is 2.31. The smallest absolute Gasteiger partial charge is 0.226 e. The highest BCUT2D eigenvalue weighted by Gasteiger charge is 2.33. The van der Waals surface area contributed by atoms with Crippen molar-refractivity contribution >= 4 is 17.5 Å². The van der Waals surface area contributed by atoms with E-state index >= 15 is 0 Å². The molecule has 1 aliphatic rings. The molecule has 0 heterocycles. The minimum atomic E-state index is -0.131. The lowest BCUT2D eigenvalue weighted by atomic mass is 10.2. The Morgan fingerprint density at radius 3 is 2.69 bits per heavy atom. The van der Waals surface area contributed by atoms with E-state index in [9.17, 15) is 4.79 Å². The van der Waals surface area contributed by atoms with Crippen molar-refractivity contribution in [3.63, 3.8) is 0 Å². The molecule has 1 unspecified atom stereocenters. The van der Waals surface area contributed by atoms with E-state index in [0.29, 0.717) is 18.5 Å². The minimum absolute atomic E-state index is 0.0389. The average Bonchev–Trinajstić information content (AvgIpc) is 2.95. The van der Waals surface area contributed by atoms with Crippen molar-refractivity contribution in [1.82, 2.24) is 4.90 Å². The molecule has 0 bridgehead atoms. The highest BCUT2D eigenvalue weighted by atomic mass is 35.5. The van der Waals surface area contributed by atoms with E-state index in [1.54, 1.807) is 4.90 Å². The zero-order valence-electron chi connectivity index (χ0n) is 7.87. The Bertz CT molecular complexity index is 182. The summed E-state index contributed by atoms with van der Waals surface area (Å²) in [6, 6.07) is 0.366. The van der Waals surface area contributed by atoms with Gasteiger partial charge < -0.3 is 10.0 Å². The molecule has 1 rings (SSSR count). The van der Waals surface area contributed by atoms with E-state index in [2.05, 4.69) is 0 Å². The highest BCUT2D eigenvalue weighted by Crippen LogP contribution is 2.27. The van der Waals surface area contributed by atoms with Crippen LogP contribution in [0.3, 0.4) is 0 Å². The third kappa shape index (κ3) is 2.85. The second-order valence-electron chi connectivity index (χ2n) is 3.54. The van der Waals surface area contributed by atoms with Crippen LogP contribution in [0.5, 0.6) is 0 Å². The zero-order chi connectivity index (χ0) is 9.84. The van der Waals surface area contributed by atoms with Gasteiger partial charge in [0.05, 0.1) is 6.61 Å². The number of amides is 1. The van der Waals surface area contributed by atoms with Crippen LogP contribution < -0.4 is 0 Å². The van der Waals surface area contributed by atoms with Gasteiger partial charge in [-0.1, -0.05) is 6.92 Å². The summed E-state index contributed by atoms with van der Waals surface area (Å²) in [4.78, 5) is 13.4. The largest absolute Gasteiger partial charge is 0.395 e. The molecule has 1 saturated carbocycles. The molecule has 0 spiro atoms. The third-order valence-corrected chi connectivity index (χ3v) is 2.73. The van der Waals surface area contributed by atoms with Crippen LogP contribution in [0, 0.1) is 5.92 Å². The number of alkyl halides is 1. The lowest BCUT2D eigenvalue weighted by Gasteiger charge is -2.23. The average molecular weight is 206 g/mol. The second kappa shape index (κ2) is 4.82. The fraction of sp³-hybridized carbons (Fsp3) is 0.889. The van der Waals surface area contributed by atoms with E-state index in [1.165, 1.54) is 0 Å². The molecule has 13 heavy (non-hydrogen) atoms. The van der Waals surface area contributed by atoms with Crippen LogP contribution in [-0.4, -0.2) is 41.0 Å². The van der Waals surface area contributed by atoms with E-state index in [0.717, 1.165) is 12.8 Å². The van der Waals surface area contributed by atoms with Gasteiger partial charge >= 0.3 is 0 Å². The maximum Gasteiger partial charge on any atom is 0.226 e. The van der Waals surface area contributed by atoms with Gasteiger partial charge in [-0.3, -0.25) is 4.79 Å². The maximum atomic E-state index is 11.7. The minimum Gasteiger partial charge on any atom is -0.395 e. The summed E-state index contributed by atoms with van der Waals surface area (Å²) in [5.74, 6) is 0.299. The van der Waals surface area contributed by atoms with Gasteiger partial charge in [-0.05, 0) is 12.8 Å². The van der Waals surface area contributed by atoms with Gasteiger partial charge in [0.2, 0.25) is 5.91 Å². The van der Waals surface area contributed by atoms with Gasteiger partial charge in [-0.15, -0.1) is 11.6 Å². The summed E-state index contributed by atoms with van der Waals surface area (Å²) >= 11 is 5.61. The van der Waals surface area contributed by atoms with Crippen LogP contribution in [0.4, 0.5) is 0 Å². The van der Waals surface area contributed by atoms with Crippen LogP contribution in [0.2, 0.25) is 0 Å². The fourth-order valence-corrected chi connectivity index (χ4v) is 1.45. The third-order valence-electron chi connectivity index (χ3n) is 2.26. The van der Waals surface area contributed by atoms with Crippen molar-refractivity contribution in [2.45, 2.75) is 25.8 Å². The van der Waals surface area contributed by atoms with Gasteiger partial charge in [0.1, 0.15) is 0 Å². The van der Waals surface area contributed by atoms with Crippen LogP contribution in [0.15, 0.2) is 0 Å². The Morgan fingerprint density at radius 1 is 1.69 bits per heavy atom. The van der Waals surface area contributed by atoms with E-state index in [-0.39, 0.29) is 18.4 Å². The van der Waals surface area contributed by atoms with Gasteiger partial charge in [-0.25, -0.2) is 0 Å². The molecular formula is C9H16ClNO2. The Labute approximate surface area is 83.7 Å². The lowest BCUT2D eigenvalue weighted by Crippen LogP contribution is -2.39.